The fraction of sp³-hybridized carbons (Fsp3) is 0.267. The van der Waals surface area contributed by atoms with Crippen LogP contribution in [0.2, 0.25) is 0 Å². The van der Waals surface area contributed by atoms with Crippen molar-refractivity contribution in [3.05, 3.63) is 58.7 Å². The van der Waals surface area contributed by atoms with Crippen molar-refractivity contribution in [2.75, 3.05) is 0 Å². The van der Waals surface area contributed by atoms with Gasteiger partial charge in [0.25, 0.3) is 0 Å². The standard InChI is InChI=1S/C15H13F4NO2/c1-2-12-13(14(21)22)10(5-6-20-12)9-4-3-8(16)7-11(9)15(17,18)19/h3-7,10,20H,2H2,1H3,(H,21,22). The highest BCUT2D eigenvalue weighted by Gasteiger charge is 2.38. The molecule has 0 saturated carbocycles. The van der Waals surface area contributed by atoms with Crippen LogP contribution in [0.25, 0.3) is 0 Å². The van der Waals surface area contributed by atoms with E-state index in [4.69, 9.17) is 0 Å². The van der Waals surface area contributed by atoms with Crippen LogP contribution < -0.4 is 5.32 Å². The fourth-order valence-electron chi connectivity index (χ4n) is 2.47. The average Bonchev–Trinajstić information content (AvgIpc) is 2.45. The first-order valence-corrected chi connectivity index (χ1v) is 6.52. The zero-order valence-electron chi connectivity index (χ0n) is 11.5. The first-order valence-electron chi connectivity index (χ1n) is 6.52. The lowest BCUT2D eigenvalue weighted by molar-refractivity contribution is -0.139. The molecule has 0 amide bonds. The van der Waals surface area contributed by atoms with E-state index < -0.39 is 29.4 Å². The zero-order valence-corrected chi connectivity index (χ0v) is 11.5. The largest absolute Gasteiger partial charge is 0.478 e. The van der Waals surface area contributed by atoms with Gasteiger partial charge in [0.2, 0.25) is 0 Å². The van der Waals surface area contributed by atoms with E-state index in [2.05, 4.69) is 5.32 Å². The molecule has 2 N–H and O–H groups in total. The SMILES string of the molecule is CCC1=C(C(=O)O)C(c2ccc(F)cc2C(F)(F)F)C=CN1. The summed E-state index contributed by atoms with van der Waals surface area (Å²) in [6.07, 6.45) is -1.72. The number of carboxylic acid groups (broad SMARTS) is 1. The summed E-state index contributed by atoms with van der Waals surface area (Å²) in [6.45, 7) is 1.69. The Bertz CT molecular complexity index is 662. The third kappa shape index (κ3) is 2.98. The number of hydrogen-bond donors (Lipinski definition) is 2. The van der Waals surface area contributed by atoms with Crippen molar-refractivity contribution >= 4 is 5.97 Å². The summed E-state index contributed by atoms with van der Waals surface area (Å²) < 4.78 is 52.5. The molecule has 0 aliphatic carbocycles. The molecule has 1 unspecified atom stereocenters. The van der Waals surface area contributed by atoms with Gasteiger partial charge in [-0.1, -0.05) is 19.1 Å². The topological polar surface area (TPSA) is 49.3 Å². The first-order chi connectivity index (χ1) is 10.3. The quantitative estimate of drug-likeness (QED) is 0.834. The van der Waals surface area contributed by atoms with Gasteiger partial charge in [-0.25, -0.2) is 9.18 Å². The highest BCUT2D eigenvalue weighted by atomic mass is 19.4. The molecule has 2 rings (SSSR count). The number of dihydropyridines is 1. The number of aliphatic carboxylic acids is 1. The molecule has 22 heavy (non-hydrogen) atoms. The van der Waals surface area contributed by atoms with Crippen molar-refractivity contribution < 1.29 is 27.5 Å². The number of carbonyl (C=O) groups is 1. The Kier molecular flexibility index (Phi) is 4.25. The van der Waals surface area contributed by atoms with Crippen LogP contribution in [0.5, 0.6) is 0 Å². The number of rotatable bonds is 3. The van der Waals surface area contributed by atoms with Gasteiger partial charge in [0.1, 0.15) is 5.82 Å². The zero-order chi connectivity index (χ0) is 16.5. The van der Waals surface area contributed by atoms with E-state index in [-0.39, 0.29) is 11.1 Å². The van der Waals surface area contributed by atoms with Gasteiger partial charge in [0, 0.05) is 11.6 Å². The Morgan fingerprint density at radius 2 is 2.05 bits per heavy atom. The molecule has 0 radical (unpaired) electrons. The molecule has 0 saturated heterocycles. The van der Waals surface area contributed by atoms with E-state index in [0.717, 1.165) is 12.1 Å². The van der Waals surface area contributed by atoms with Gasteiger partial charge in [0.05, 0.1) is 11.1 Å². The van der Waals surface area contributed by atoms with Gasteiger partial charge in [0.15, 0.2) is 0 Å². The lowest BCUT2D eigenvalue weighted by Crippen LogP contribution is -2.24. The van der Waals surface area contributed by atoms with Crippen LogP contribution in [0.3, 0.4) is 0 Å². The van der Waals surface area contributed by atoms with Crippen molar-refractivity contribution in [1.29, 1.82) is 0 Å². The second-order valence-corrected chi connectivity index (χ2v) is 4.76. The van der Waals surface area contributed by atoms with Crippen molar-refractivity contribution in [2.45, 2.75) is 25.4 Å². The van der Waals surface area contributed by atoms with E-state index in [1.165, 1.54) is 12.3 Å². The predicted molar refractivity (Wildman–Crippen MR) is 71.4 cm³/mol. The highest BCUT2D eigenvalue weighted by molar-refractivity contribution is 5.90. The Labute approximate surface area is 123 Å². The second kappa shape index (κ2) is 5.82. The highest BCUT2D eigenvalue weighted by Crippen LogP contribution is 2.40. The van der Waals surface area contributed by atoms with Crippen LogP contribution >= 0.6 is 0 Å². The molecule has 0 aromatic heterocycles. The Morgan fingerprint density at radius 3 is 2.59 bits per heavy atom. The van der Waals surface area contributed by atoms with Crippen molar-refractivity contribution in [2.24, 2.45) is 0 Å². The van der Waals surface area contributed by atoms with E-state index >= 15 is 0 Å². The van der Waals surface area contributed by atoms with Gasteiger partial charge < -0.3 is 10.4 Å². The maximum atomic E-state index is 13.2. The van der Waals surface area contributed by atoms with Crippen LogP contribution in [0.15, 0.2) is 41.7 Å². The van der Waals surface area contributed by atoms with Crippen molar-refractivity contribution in [3.8, 4) is 0 Å². The molecule has 1 aromatic carbocycles. The van der Waals surface area contributed by atoms with Gasteiger partial charge in [-0.3, -0.25) is 0 Å². The Balaban J connectivity index is 2.65. The first kappa shape index (κ1) is 16.1. The van der Waals surface area contributed by atoms with Gasteiger partial charge in [-0.05, 0) is 30.3 Å². The maximum absolute atomic E-state index is 13.2. The summed E-state index contributed by atoms with van der Waals surface area (Å²) in [4.78, 5) is 11.4. The molecule has 3 nitrogen and oxygen atoms in total. The Hall–Kier alpha value is -2.31. The second-order valence-electron chi connectivity index (χ2n) is 4.76. The van der Waals surface area contributed by atoms with Crippen LogP contribution in [-0.4, -0.2) is 11.1 Å². The maximum Gasteiger partial charge on any atom is 0.416 e. The lowest BCUT2D eigenvalue weighted by atomic mass is 9.84. The number of alkyl halides is 3. The molecule has 0 spiro atoms. The molecule has 1 aromatic rings. The van der Waals surface area contributed by atoms with Crippen molar-refractivity contribution in [1.82, 2.24) is 5.32 Å². The molecule has 0 fully saturated rings. The predicted octanol–water partition coefficient (Wildman–Crippen LogP) is 3.79. The number of nitrogens with one attached hydrogen (secondary N) is 1. The third-order valence-electron chi connectivity index (χ3n) is 3.42. The minimum Gasteiger partial charge on any atom is -0.478 e. The Morgan fingerprint density at radius 1 is 1.36 bits per heavy atom. The van der Waals surface area contributed by atoms with E-state index in [0.29, 0.717) is 18.2 Å². The van der Waals surface area contributed by atoms with E-state index in [1.54, 1.807) is 6.92 Å². The lowest BCUT2D eigenvalue weighted by Gasteiger charge is -2.25. The van der Waals surface area contributed by atoms with E-state index in [1.807, 2.05) is 0 Å². The van der Waals surface area contributed by atoms with Crippen LogP contribution in [0, 0.1) is 5.82 Å². The molecular formula is C15H13F4NO2. The normalized spacial score (nSPS) is 18.3. The molecule has 1 aliphatic rings. The number of allylic oxidation sites excluding steroid dienone is 2. The summed E-state index contributed by atoms with van der Waals surface area (Å²) in [6, 6.07) is 2.26. The molecular weight excluding hydrogens is 302 g/mol. The number of hydrogen-bond acceptors (Lipinski definition) is 2. The third-order valence-corrected chi connectivity index (χ3v) is 3.42. The summed E-state index contributed by atoms with van der Waals surface area (Å²) in [5, 5.41) is 12.1. The molecule has 7 heteroatoms. The monoisotopic (exact) mass is 315 g/mol. The van der Waals surface area contributed by atoms with Gasteiger partial charge in [-0.15, -0.1) is 0 Å². The van der Waals surface area contributed by atoms with Crippen molar-refractivity contribution in [3.63, 3.8) is 0 Å². The van der Waals surface area contributed by atoms with Crippen LogP contribution in [0.4, 0.5) is 17.6 Å². The van der Waals surface area contributed by atoms with Gasteiger partial charge in [-0.2, -0.15) is 13.2 Å². The molecule has 1 aliphatic heterocycles. The van der Waals surface area contributed by atoms with Gasteiger partial charge >= 0.3 is 12.1 Å². The fourth-order valence-corrected chi connectivity index (χ4v) is 2.47. The summed E-state index contributed by atoms with van der Waals surface area (Å²) in [5.74, 6) is -3.42. The summed E-state index contributed by atoms with van der Waals surface area (Å²) >= 11 is 0. The number of benzene rings is 1. The summed E-state index contributed by atoms with van der Waals surface area (Å²) in [7, 11) is 0. The molecule has 118 valence electrons. The van der Waals surface area contributed by atoms with Crippen LogP contribution in [-0.2, 0) is 11.0 Å². The minimum absolute atomic E-state index is 0.165. The number of carboxylic acids is 1. The molecule has 1 atom stereocenters. The summed E-state index contributed by atoms with van der Waals surface area (Å²) in [5.41, 5.74) is -1.28. The number of halogens is 4. The van der Waals surface area contributed by atoms with E-state index in [9.17, 15) is 27.5 Å². The minimum atomic E-state index is -4.77. The molecule has 1 heterocycles. The van der Waals surface area contributed by atoms with Crippen LogP contribution in [0.1, 0.15) is 30.4 Å². The molecule has 0 bridgehead atoms. The average molecular weight is 315 g/mol. The smallest absolute Gasteiger partial charge is 0.416 e.